The fourth-order valence-electron chi connectivity index (χ4n) is 2.61. The van der Waals surface area contributed by atoms with E-state index in [2.05, 4.69) is 0 Å². The molecule has 1 heterocycles. The van der Waals surface area contributed by atoms with Gasteiger partial charge in [0.1, 0.15) is 5.75 Å². The zero-order valence-corrected chi connectivity index (χ0v) is 13.8. The Labute approximate surface area is 131 Å². The second-order valence-corrected chi connectivity index (χ2v) is 7.63. The molecule has 0 bridgehead atoms. The van der Waals surface area contributed by atoms with E-state index in [0.717, 1.165) is 12.0 Å². The molecule has 0 atom stereocenters. The van der Waals surface area contributed by atoms with E-state index in [1.807, 2.05) is 13.8 Å². The Bertz CT molecular complexity index is 612. The van der Waals surface area contributed by atoms with Gasteiger partial charge in [0.25, 0.3) is 0 Å². The molecule has 1 aliphatic rings. The molecule has 5 nitrogen and oxygen atoms in total. The van der Waals surface area contributed by atoms with E-state index in [-0.39, 0.29) is 17.1 Å². The number of rotatable bonds is 7. The van der Waals surface area contributed by atoms with Gasteiger partial charge in [-0.2, -0.15) is 0 Å². The van der Waals surface area contributed by atoms with Gasteiger partial charge in [-0.25, -0.2) is 8.42 Å². The van der Waals surface area contributed by atoms with Crippen LogP contribution in [0.5, 0.6) is 0 Å². The Morgan fingerprint density at radius 1 is 1.18 bits per heavy atom. The van der Waals surface area contributed by atoms with Crippen molar-refractivity contribution in [3.63, 3.8) is 0 Å². The van der Waals surface area contributed by atoms with E-state index >= 15 is 0 Å². The van der Waals surface area contributed by atoms with E-state index in [0.29, 0.717) is 19.6 Å². The fraction of sp³-hybridized carbons (Fsp3) is 0.562. The summed E-state index contributed by atoms with van der Waals surface area (Å²) < 4.78 is 35.7. The summed E-state index contributed by atoms with van der Waals surface area (Å²) in [6, 6.07) is 6.50. The van der Waals surface area contributed by atoms with Gasteiger partial charge in [0, 0.05) is 6.42 Å². The van der Waals surface area contributed by atoms with Crippen LogP contribution in [0.3, 0.4) is 0 Å². The number of ketones is 1. The Balaban J connectivity index is 2.05. The molecule has 6 heteroatoms. The highest BCUT2D eigenvalue weighted by Crippen LogP contribution is 2.29. The first-order valence-electron chi connectivity index (χ1n) is 7.46. The van der Waals surface area contributed by atoms with Gasteiger partial charge in [-0.15, -0.1) is 0 Å². The molecule has 1 aromatic rings. The Morgan fingerprint density at radius 3 is 2.32 bits per heavy atom. The van der Waals surface area contributed by atoms with Crippen LogP contribution < -0.4 is 0 Å². The van der Waals surface area contributed by atoms with Crippen LogP contribution in [0, 0.1) is 6.92 Å². The van der Waals surface area contributed by atoms with Crippen molar-refractivity contribution in [2.45, 2.75) is 43.8 Å². The summed E-state index contributed by atoms with van der Waals surface area (Å²) in [4.78, 5) is 12.4. The van der Waals surface area contributed by atoms with Crippen molar-refractivity contribution in [2.75, 3.05) is 19.0 Å². The lowest BCUT2D eigenvalue weighted by atomic mass is 10.1. The summed E-state index contributed by atoms with van der Waals surface area (Å²) in [6.07, 6.45) is 1.37. The van der Waals surface area contributed by atoms with Gasteiger partial charge in [-0.1, -0.05) is 31.0 Å². The van der Waals surface area contributed by atoms with Crippen LogP contribution in [-0.2, 0) is 24.1 Å². The Kier molecular flexibility index (Phi) is 5.36. The van der Waals surface area contributed by atoms with Crippen LogP contribution in [0.1, 0.15) is 31.7 Å². The largest absolute Gasteiger partial charge is 0.347 e. The topological polar surface area (TPSA) is 69.7 Å². The van der Waals surface area contributed by atoms with E-state index in [1.54, 1.807) is 12.1 Å². The lowest BCUT2D eigenvalue weighted by Crippen LogP contribution is -2.35. The molecular weight excluding hydrogens is 304 g/mol. The molecule has 122 valence electrons. The third-order valence-electron chi connectivity index (χ3n) is 3.64. The summed E-state index contributed by atoms with van der Waals surface area (Å²) >= 11 is 0. The third kappa shape index (κ3) is 4.15. The van der Waals surface area contributed by atoms with Crippen LogP contribution in [0.2, 0.25) is 0 Å². The van der Waals surface area contributed by atoms with Crippen molar-refractivity contribution >= 4 is 15.6 Å². The molecule has 1 saturated heterocycles. The molecule has 1 fully saturated rings. The minimum atomic E-state index is -3.62. The van der Waals surface area contributed by atoms with Crippen LogP contribution in [-0.4, -0.2) is 39.0 Å². The molecule has 22 heavy (non-hydrogen) atoms. The molecule has 1 aliphatic heterocycles. The molecule has 0 amide bonds. The number of carbonyl (C=O) groups excluding carboxylic acids is 1. The van der Waals surface area contributed by atoms with Crippen LogP contribution in [0.4, 0.5) is 0 Å². The van der Waals surface area contributed by atoms with Gasteiger partial charge >= 0.3 is 0 Å². The molecular formula is C16H22O5S. The normalized spacial score (nSPS) is 17.5. The monoisotopic (exact) mass is 326 g/mol. The number of carbonyl (C=O) groups is 1. The van der Waals surface area contributed by atoms with Gasteiger partial charge in [0.2, 0.25) is 0 Å². The molecule has 0 radical (unpaired) electrons. The number of benzene rings is 1. The predicted octanol–water partition coefficient (Wildman–Crippen LogP) is 2.27. The summed E-state index contributed by atoms with van der Waals surface area (Å²) in [7, 11) is -3.62. The highest BCUT2D eigenvalue weighted by atomic mass is 32.2. The number of Topliss-reactive ketones (excluding diaryl/α,β-unsaturated/α-hetero) is 1. The zero-order chi connectivity index (χ0) is 16.2. The minimum Gasteiger partial charge on any atom is -0.347 e. The van der Waals surface area contributed by atoms with Crippen molar-refractivity contribution in [1.29, 1.82) is 0 Å². The quantitative estimate of drug-likeness (QED) is 0.769. The van der Waals surface area contributed by atoms with Crippen molar-refractivity contribution in [3.8, 4) is 0 Å². The van der Waals surface area contributed by atoms with Gasteiger partial charge < -0.3 is 9.47 Å². The first-order valence-corrected chi connectivity index (χ1v) is 9.11. The molecule has 1 aromatic carbocycles. The summed E-state index contributed by atoms with van der Waals surface area (Å²) in [5.74, 6) is -1.83. The number of sulfone groups is 1. The minimum absolute atomic E-state index is 0.0219. The van der Waals surface area contributed by atoms with E-state index in [9.17, 15) is 13.2 Å². The summed E-state index contributed by atoms with van der Waals surface area (Å²) in [5.41, 5.74) is 0.972. The van der Waals surface area contributed by atoms with E-state index in [1.165, 1.54) is 12.1 Å². The van der Waals surface area contributed by atoms with Crippen LogP contribution in [0.15, 0.2) is 29.2 Å². The number of hydrogen-bond donors (Lipinski definition) is 0. The van der Waals surface area contributed by atoms with Gasteiger partial charge in [0.15, 0.2) is 21.4 Å². The maximum atomic E-state index is 12.3. The van der Waals surface area contributed by atoms with Gasteiger partial charge in [-0.3, -0.25) is 4.79 Å². The van der Waals surface area contributed by atoms with Crippen LogP contribution >= 0.6 is 0 Å². The summed E-state index contributed by atoms with van der Waals surface area (Å²) in [6.45, 7) is 4.74. The first-order chi connectivity index (χ1) is 10.4. The third-order valence-corrected chi connectivity index (χ3v) is 5.33. The highest BCUT2D eigenvalue weighted by Gasteiger charge is 2.38. The van der Waals surface area contributed by atoms with Crippen molar-refractivity contribution in [1.82, 2.24) is 0 Å². The number of ether oxygens (including phenoxy) is 2. The second-order valence-electron chi connectivity index (χ2n) is 5.65. The maximum Gasteiger partial charge on any atom is 0.185 e. The molecule has 0 aromatic heterocycles. The zero-order valence-electron chi connectivity index (χ0n) is 13.0. The molecule has 0 spiro atoms. The summed E-state index contributed by atoms with van der Waals surface area (Å²) in [5, 5.41) is 0. The predicted molar refractivity (Wildman–Crippen MR) is 82.4 cm³/mol. The first kappa shape index (κ1) is 17.1. The smallest absolute Gasteiger partial charge is 0.185 e. The molecule has 0 unspecified atom stereocenters. The van der Waals surface area contributed by atoms with Gasteiger partial charge in [0.05, 0.1) is 24.5 Å². The van der Waals surface area contributed by atoms with E-state index in [4.69, 9.17) is 9.47 Å². The van der Waals surface area contributed by atoms with Crippen molar-refractivity contribution < 1.29 is 22.7 Å². The molecule has 2 rings (SSSR count). The van der Waals surface area contributed by atoms with Crippen molar-refractivity contribution in [3.05, 3.63) is 29.8 Å². The Morgan fingerprint density at radius 2 is 1.77 bits per heavy atom. The maximum absolute atomic E-state index is 12.3. The number of hydrogen-bond acceptors (Lipinski definition) is 5. The van der Waals surface area contributed by atoms with E-state index < -0.39 is 21.4 Å². The molecule has 0 N–H and O–H groups in total. The lowest BCUT2D eigenvalue weighted by Gasteiger charge is -2.26. The highest BCUT2D eigenvalue weighted by molar-refractivity contribution is 7.92. The van der Waals surface area contributed by atoms with Gasteiger partial charge in [-0.05, 0) is 19.1 Å². The number of aryl methyl sites for hydroxylation is 1. The molecule has 0 aliphatic carbocycles. The second kappa shape index (κ2) is 6.89. The average Bonchev–Trinajstić information content (AvgIpc) is 2.87. The van der Waals surface area contributed by atoms with Crippen molar-refractivity contribution in [2.24, 2.45) is 0 Å². The SMILES string of the molecule is CCCC1(CC(=O)CS(=O)(=O)c2ccc(C)cc2)OCCO1. The lowest BCUT2D eigenvalue weighted by molar-refractivity contribution is -0.171. The standard InChI is InChI=1S/C16H22O5S/c1-3-8-16(20-9-10-21-16)11-14(17)12-22(18,19)15-6-4-13(2)5-7-15/h4-7H,3,8-12H2,1-2H3. The fourth-order valence-corrected chi connectivity index (χ4v) is 3.85. The average molecular weight is 326 g/mol. The van der Waals surface area contributed by atoms with Crippen LogP contribution in [0.25, 0.3) is 0 Å². The Hall–Kier alpha value is -1.24. The molecule has 0 saturated carbocycles.